The van der Waals surface area contributed by atoms with E-state index in [9.17, 15) is 4.79 Å². The van der Waals surface area contributed by atoms with E-state index in [-0.39, 0.29) is 5.97 Å². The molecule has 0 saturated carbocycles. The van der Waals surface area contributed by atoms with E-state index in [4.69, 9.17) is 8.92 Å². The number of hydrogen-bond acceptors (Lipinski definition) is 3. The fourth-order valence-corrected chi connectivity index (χ4v) is 4.51. The number of esters is 1. The lowest BCUT2D eigenvalue weighted by molar-refractivity contribution is -0.147. The minimum atomic E-state index is -0.461. The molecule has 0 unspecified atom stereocenters. The van der Waals surface area contributed by atoms with Crippen LogP contribution >= 0.6 is 0 Å². The Morgan fingerprint density at radius 2 is 1.93 bits per heavy atom. The first-order chi connectivity index (χ1) is 12.6. The van der Waals surface area contributed by atoms with Gasteiger partial charge in [-0.2, -0.15) is 0 Å². The summed E-state index contributed by atoms with van der Waals surface area (Å²) in [7, 11) is 0. The molecule has 4 heteroatoms. The van der Waals surface area contributed by atoms with Crippen molar-refractivity contribution in [1.29, 1.82) is 0 Å². The van der Waals surface area contributed by atoms with Crippen LogP contribution in [0.25, 0.3) is 0 Å². The van der Waals surface area contributed by atoms with Crippen LogP contribution in [0.2, 0.25) is 0 Å². The number of hydrogen-bond donors (Lipinski definition) is 0. The predicted octanol–water partition coefficient (Wildman–Crippen LogP) is 6.33. The van der Waals surface area contributed by atoms with Crippen molar-refractivity contribution in [2.75, 3.05) is 0 Å². The summed E-state index contributed by atoms with van der Waals surface area (Å²) in [6.45, 7) is 15.5. The lowest BCUT2D eigenvalue weighted by Gasteiger charge is -2.35. The number of carbonyl (C=O) groups is 1. The molecule has 3 aliphatic rings. The molecule has 0 N–H and O–H groups in total. The number of carbonyl (C=O) groups excluding carboxylic acids is 1. The molecular weight excluding hydrogens is 356 g/mol. The van der Waals surface area contributed by atoms with Gasteiger partial charge in [-0.15, -0.1) is 6.58 Å². The van der Waals surface area contributed by atoms with Gasteiger partial charge in [-0.25, -0.2) is 0 Å². The Hall–Kier alpha value is -1.00. The van der Waals surface area contributed by atoms with Crippen LogP contribution < -0.4 is 0 Å². The van der Waals surface area contributed by atoms with Gasteiger partial charge >= 0.3 is 11.1 Å². The molecule has 0 radical (unpaired) electrons. The number of allylic oxidation sites excluding steroid dienone is 5. The summed E-state index contributed by atoms with van der Waals surface area (Å²) >= 11 is 0.820. The summed E-state index contributed by atoms with van der Waals surface area (Å²) in [4.78, 5) is 10.4. The molecule has 0 aromatic carbocycles. The highest BCUT2D eigenvalue weighted by Crippen LogP contribution is 2.43. The van der Waals surface area contributed by atoms with Gasteiger partial charge < -0.3 is 4.74 Å². The first-order valence-electron chi connectivity index (χ1n) is 10.2. The van der Waals surface area contributed by atoms with Crippen LogP contribution in [0, 0.1) is 5.41 Å². The van der Waals surface area contributed by atoms with Crippen LogP contribution in [0.1, 0.15) is 92.4 Å². The fourth-order valence-electron chi connectivity index (χ4n) is 3.94. The zero-order valence-electron chi connectivity index (χ0n) is 17.8. The van der Waals surface area contributed by atoms with Crippen LogP contribution in [0.5, 0.6) is 0 Å². The van der Waals surface area contributed by atoms with E-state index in [0.29, 0.717) is 11.8 Å². The van der Waals surface area contributed by atoms with Crippen LogP contribution in [0.15, 0.2) is 34.9 Å². The maximum Gasteiger partial charge on any atom is 0.456 e. The Bertz CT molecular complexity index is 624. The third kappa shape index (κ3) is 7.15. The predicted molar refractivity (Wildman–Crippen MR) is 115 cm³/mol. The second-order valence-corrected chi connectivity index (χ2v) is 9.96. The Morgan fingerprint density at radius 1 is 1.22 bits per heavy atom. The zero-order chi connectivity index (χ0) is 20.1. The molecule has 1 atom stereocenters. The van der Waals surface area contributed by atoms with Gasteiger partial charge in [0, 0.05) is 0 Å². The Balaban J connectivity index is 0.000000266. The first kappa shape index (κ1) is 22.3. The highest BCUT2D eigenvalue weighted by atomic mass is 32.2. The van der Waals surface area contributed by atoms with Gasteiger partial charge in [0.2, 0.25) is 12.0 Å². The van der Waals surface area contributed by atoms with E-state index in [2.05, 4.69) is 47.3 Å². The minimum Gasteiger partial charge on any atom is -0.384 e. The van der Waals surface area contributed by atoms with E-state index in [1.807, 2.05) is 0 Å². The highest BCUT2D eigenvalue weighted by molar-refractivity contribution is 7.80. The van der Waals surface area contributed by atoms with Crippen LogP contribution in [0.4, 0.5) is 0 Å². The van der Waals surface area contributed by atoms with Crippen molar-refractivity contribution in [3.05, 3.63) is 34.9 Å². The summed E-state index contributed by atoms with van der Waals surface area (Å²) in [6.07, 6.45) is 12.5. The van der Waals surface area contributed by atoms with Gasteiger partial charge in [0.15, 0.2) is 0 Å². The Labute approximate surface area is 169 Å². The molecule has 0 amide bonds. The molecule has 3 rings (SSSR count). The van der Waals surface area contributed by atoms with Gasteiger partial charge in [-0.3, -0.25) is 4.79 Å². The molecular formula is C23H37O3S+. The number of rotatable bonds is 6. The van der Waals surface area contributed by atoms with E-state index in [0.717, 1.165) is 31.3 Å². The Kier molecular flexibility index (Phi) is 7.82. The summed E-state index contributed by atoms with van der Waals surface area (Å²) in [6, 6.07) is 0. The van der Waals surface area contributed by atoms with E-state index < -0.39 is 5.12 Å². The van der Waals surface area contributed by atoms with Gasteiger partial charge in [0.1, 0.15) is 0 Å². The minimum absolute atomic E-state index is 0.130. The molecule has 152 valence electrons. The molecule has 0 bridgehead atoms. The first-order valence-corrected chi connectivity index (χ1v) is 11.1. The summed E-state index contributed by atoms with van der Waals surface area (Å²) in [5.74, 6) is -0.130. The standard InChI is InChI=1S/C19H32.C4H4O3S/c1-15(2)9-7-10-16(3)12-13-18-17(4)11-8-14-19(18,5)6;5-3-1-2-4(6-3)7-8-4/h10H,1,7-9,11-14H2,2-6H3;1-2H2/p+1/b16-10+;/t;4-/m.0/s1. The lowest BCUT2D eigenvalue weighted by Crippen LogP contribution is -2.20. The average molecular weight is 394 g/mol. The smallest absolute Gasteiger partial charge is 0.384 e. The van der Waals surface area contributed by atoms with Gasteiger partial charge in [0.05, 0.1) is 12.8 Å². The SMILES string of the molecule is C=C(C)CC/C=C(\C)CCC1=C(C)CCCC1(C)C.O=C1CC[C@@]2(O[SH+]2)O1. The molecule has 2 fully saturated rings. The number of ether oxygens (including phenoxy) is 1. The highest BCUT2D eigenvalue weighted by Gasteiger charge is 2.68. The largest absolute Gasteiger partial charge is 0.456 e. The molecule has 27 heavy (non-hydrogen) atoms. The summed E-state index contributed by atoms with van der Waals surface area (Å²) < 4.78 is 9.64. The van der Waals surface area contributed by atoms with Crippen molar-refractivity contribution >= 4 is 18.0 Å². The average Bonchev–Trinajstić information content (AvgIpc) is 3.21. The van der Waals surface area contributed by atoms with Gasteiger partial charge in [-0.05, 0) is 71.1 Å². The molecule has 3 nitrogen and oxygen atoms in total. The van der Waals surface area contributed by atoms with Crippen molar-refractivity contribution in [2.45, 2.75) is 97.5 Å². The maximum absolute atomic E-state index is 10.4. The lowest BCUT2D eigenvalue weighted by atomic mass is 9.71. The quantitative estimate of drug-likeness (QED) is 0.174. The second kappa shape index (κ2) is 9.47. The monoisotopic (exact) mass is 393 g/mol. The van der Waals surface area contributed by atoms with Gasteiger partial charge in [0.25, 0.3) is 0 Å². The van der Waals surface area contributed by atoms with Gasteiger partial charge in [-0.1, -0.05) is 46.4 Å². The van der Waals surface area contributed by atoms with Crippen molar-refractivity contribution < 1.29 is 13.7 Å². The molecule has 2 saturated heterocycles. The molecule has 1 aliphatic carbocycles. The number of thiol groups is 1. The van der Waals surface area contributed by atoms with Crippen molar-refractivity contribution in [3.8, 4) is 0 Å². The van der Waals surface area contributed by atoms with Crippen LogP contribution in [-0.2, 0) is 25.8 Å². The molecule has 2 aliphatic heterocycles. The molecule has 0 aromatic rings. The van der Waals surface area contributed by atoms with E-state index in [1.165, 1.54) is 37.7 Å². The molecule has 2 heterocycles. The van der Waals surface area contributed by atoms with Crippen LogP contribution in [0.3, 0.4) is 0 Å². The van der Waals surface area contributed by atoms with Crippen molar-refractivity contribution in [1.82, 2.24) is 0 Å². The van der Waals surface area contributed by atoms with Crippen molar-refractivity contribution in [2.24, 2.45) is 5.41 Å². The van der Waals surface area contributed by atoms with E-state index in [1.54, 1.807) is 16.7 Å². The van der Waals surface area contributed by atoms with Crippen molar-refractivity contribution in [3.63, 3.8) is 0 Å². The third-order valence-electron chi connectivity index (χ3n) is 5.73. The summed E-state index contributed by atoms with van der Waals surface area (Å²) in [5.41, 5.74) is 6.65. The maximum atomic E-state index is 10.4. The topological polar surface area (TPSA) is 38.8 Å². The fraction of sp³-hybridized carbons (Fsp3) is 0.696. The third-order valence-corrected chi connectivity index (χ3v) is 6.64. The second-order valence-electron chi connectivity index (χ2n) is 8.91. The zero-order valence-corrected chi connectivity index (χ0v) is 18.7. The van der Waals surface area contributed by atoms with Crippen LogP contribution in [-0.4, -0.2) is 11.1 Å². The molecule has 0 aromatic heterocycles. The summed E-state index contributed by atoms with van der Waals surface area (Å²) in [5, 5.41) is -0.461. The molecule has 1 spiro atoms. The normalized spacial score (nSPS) is 26.6. The van der Waals surface area contributed by atoms with E-state index >= 15 is 0 Å². The Morgan fingerprint density at radius 3 is 2.41 bits per heavy atom.